The molecule has 2 aromatic carbocycles. The Kier molecular flexibility index (Phi) is 15.2. The first-order valence-corrected chi connectivity index (χ1v) is 36.9. The van der Waals surface area contributed by atoms with E-state index in [0.717, 1.165) is 139 Å². The van der Waals surface area contributed by atoms with Crippen molar-refractivity contribution in [2.45, 2.75) is 233 Å². The van der Waals surface area contributed by atoms with Crippen LogP contribution in [-0.2, 0) is 27.3 Å². The number of rotatable bonds is 5. The molecule has 16 heteroatoms. The van der Waals surface area contributed by atoms with E-state index in [1.807, 2.05) is 4.90 Å². The molecule has 9 saturated carbocycles. The molecule has 14 nitrogen and oxygen atoms in total. The van der Waals surface area contributed by atoms with Crippen molar-refractivity contribution in [3.05, 3.63) is 70.8 Å². The number of phenols is 1. The van der Waals surface area contributed by atoms with Crippen LogP contribution in [0.15, 0.2) is 58.5 Å². The zero-order valence-electron chi connectivity index (χ0n) is 51.7. The van der Waals surface area contributed by atoms with Gasteiger partial charge in [-0.2, -0.15) is 0 Å². The second-order valence-electron chi connectivity index (χ2n) is 31.1. The lowest BCUT2D eigenvalue weighted by Gasteiger charge is -2.60. The number of amides is 1. The van der Waals surface area contributed by atoms with Gasteiger partial charge in [0, 0.05) is 96.8 Å². The number of nitrogens with two attached hydrogens (primary N) is 3. The van der Waals surface area contributed by atoms with E-state index in [2.05, 4.69) is 80.4 Å². The molecule has 2 aromatic rings. The Labute approximate surface area is 524 Å². The summed E-state index contributed by atoms with van der Waals surface area (Å²) < 4.78 is 14.2. The molecule has 18 atom stereocenters. The number of aliphatic imine (C=N–C) groups is 2. The molecule has 7 aliphatic heterocycles. The molecule has 0 unspecified atom stereocenters. The standard InChI is InChI=1S/C71H99N7O7S2/c1-43(79)84-70-36-48-13-15-52(70)34-49-32-50(60(82)61-59(49)46-20-30-69(85-61)27-7-12-51(69)33-46)40-78-42-66(38-57(78)81)53(17-18-55(66)44-10-3-2-4-11-44)39-76-64(74)77-71(28-8-24-65(71)22-5-6-23-65)87-86-41-54-16-14-47(58(48)56(80)37-70)35-68(54)26-9-25-67(68)29-19-45(62(67)83)21-31-75-63(72)73/h2-4,10-11,20,30,32,45-48,51-56,58,62,80,82-83H,5-9,12-19,21-29,31,33-42H2,1H3,(H4,72,73,75)(H3,74,76,77)/t45-,46+,47-,48+,51+,52+,53-,54-,55-,56-,58-,62-,66-,67-,68+,69-,70+,71-/m1/s1. The van der Waals surface area contributed by atoms with E-state index in [1.54, 1.807) is 6.92 Å². The van der Waals surface area contributed by atoms with Gasteiger partial charge in [-0.25, -0.2) is 0 Å². The van der Waals surface area contributed by atoms with Crippen molar-refractivity contribution in [3.8, 4) is 11.5 Å². The molecule has 10 fully saturated rings. The minimum Gasteiger partial charge on any atom is -0.504 e. The molecular weight excluding hydrogens is 1130 g/mol. The van der Waals surface area contributed by atoms with Crippen molar-refractivity contribution in [1.82, 2.24) is 10.2 Å². The summed E-state index contributed by atoms with van der Waals surface area (Å²) in [5, 5.41) is 43.3. The fraction of sp³-hybridized carbons (Fsp3) is 0.746. The number of benzene rings is 2. The van der Waals surface area contributed by atoms with Crippen LogP contribution in [0.1, 0.15) is 214 Å². The van der Waals surface area contributed by atoms with Crippen LogP contribution < -0.4 is 27.3 Å². The van der Waals surface area contributed by atoms with Gasteiger partial charge < -0.3 is 52.2 Å². The number of allylic oxidation sites excluding steroid dienone is 1. The van der Waals surface area contributed by atoms with Crippen molar-refractivity contribution in [1.29, 1.82) is 0 Å². The van der Waals surface area contributed by atoms with Crippen LogP contribution in [0.3, 0.4) is 0 Å². The third-order valence-electron chi connectivity index (χ3n) is 27.6. The van der Waals surface area contributed by atoms with Crippen molar-refractivity contribution in [2.24, 2.45) is 96.2 Å². The number of carbonyl (C=O) groups is 2. The van der Waals surface area contributed by atoms with E-state index in [-0.39, 0.29) is 98.6 Å². The third kappa shape index (κ3) is 9.47. The van der Waals surface area contributed by atoms with Crippen LogP contribution in [0.5, 0.6) is 11.5 Å². The Morgan fingerprint density at radius 1 is 0.851 bits per heavy atom. The molecule has 1 saturated heterocycles. The highest BCUT2D eigenvalue weighted by Crippen LogP contribution is 2.73. The molecule has 19 rings (SSSR count). The summed E-state index contributed by atoms with van der Waals surface area (Å²) in [5.41, 5.74) is 21.2. The molecule has 10 N–H and O–H groups in total. The summed E-state index contributed by atoms with van der Waals surface area (Å²) in [6.45, 7) is 3.42. The number of ether oxygens (including phenoxy) is 2. The van der Waals surface area contributed by atoms with Gasteiger partial charge in [0.25, 0.3) is 0 Å². The molecule has 17 aliphatic rings. The number of nitrogens with zero attached hydrogens (tertiary/aromatic N) is 3. The predicted molar refractivity (Wildman–Crippen MR) is 344 cm³/mol. The number of nitrogens with one attached hydrogen (secondary N) is 1. The largest absolute Gasteiger partial charge is 0.504 e. The van der Waals surface area contributed by atoms with Gasteiger partial charge in [-0.3, -0.25) is 19.6 Å². The Morgan fingerprint density at radius 3 is 2.44 bits per heavy atom. The van der Waals surface area contributed by atoms with Gasteiger partial charge >= 0.3 is 5.97 Å². The van der Waals surface area contributed by atoms with Gasteiger partial charge in [-0.05, 0) is 218 Å². The fourth-order valence-electron chi connectivity index (χ4n) is 24.0. The fourth-order valence-corrected chi connectivity index (χ4v) is 28.0. The third-order valence-corrected chi connectivity index (χ3v) is 30.9. The predicted octanol–water partition coefficient (Wildman–Crippen LogP) is 11.7. The number of guanidine groups is 2. The molecular formula is C71H99N7O7S2. The molecule has 6 spiro atoms. The summed E-state index contributed by atoms with van der Waals surface area (Å²) in [7, 11) is 4.13. The van der Waals surface area contributed by atoms with Crippen LogP contribution in [0.2, 0.25) is 0 Å². The van der Waals surface area contributed by atoms with E-state index in [1.165, 1.54) is 37.7 Å². The van der Waals surface area contributed by atoms with Gasteiger partial charge in [0.15, 0.2) is 23.4 Å². The van der Waals surface area contributed by atoms with E-state index < -0.39 is 28.8 Å². The SMILES string of the molecule is CC(=O)O[C@]12C[C@@H]3CC[C@H]1Cc1cc(c(O)c4c1[C@H]1C=C[C@@]5(CCC[C@H]5C1)O4)CN1C[C@]4(CC1=O)[C@H](CC[C@@H]4c1ccccc1)CN=C(N)N[C@]1(CCCC14CCCC4)SSC[C@H]1CC[C@H](C[C@@]14CCC[C@]41CC[C@H](CCN=C(N)N)[C@H]1O)[C@H]3[C@H](O)C2. The van der Waals surface area contributed by atoms with Crippen LogP contribution in [0.25, 0.3) is 0 Å². The van der Waals surface area contributed by atoms with Gasteiger partial charge in [-0.15, -0.1) is 0 Å². The smallest absolute Gasteiger partial charge is 0.303 e. The Bertz CT molecular complexity index is 3070. The first-order valence-electron chi connectivity index (χ1n) is 34.6. The zero-order chi connectivity index (χ0) is 59.7. The summed E-state index contributed by atoms with van der Waals surface area (Å²) in [4.78, 5) is 40.4. The highest BCUT2D eigenvalue weighted by atomic mass is 33.1. The topological polar surface area (TPSA) is 231 Å². The number of aromatic hydroxyl groups is 1. The Hall–Kier alpha value is -4.12. The van der Waals surface area contributed by atoms with Crippen LogP contribution >= 0.6 is 21.6 Å². The molecule has 10 aliphatic carbocycles. The van der Waals surface area contributed by atoms with Crippen molar-refractivity contribution in [2.75, 3.05) is 25.4 Å². The Morgan fingerprint density at radius 2 is 1.62 bits per heavy atom. The maximum Gasteiger partial charge on any atom is 0.303 e. The van der Waals surface area contributed by atoms with Gasteiger partial charge in [0.2, 0.25) is 5.91 Å². The number of hydrogen-bond acceptors (Lipinski definition) is 13. The minimum atomic E-state index is -0.870. The number of aliphatic hydroxyl groups excluding tert-OH is 2. The highest BCUT2D eigenvalue weighted by molar-refractivity contribution is 8.77. The van der Waals surface area contributed by atoms with Crippen LogP contribution in [0, 0.1) is 69.0 Å². The van der Waals surface area contributed by atoms with E-state index >= 15 is 4.79 Å². The first kappa shape index (κ1) is 59.2. The molecule has 12 bridgehead atoms. The number of aliphatic hydroxyl groups is 2. The molecule has 1 amide bonds. The highest BCUT2D eigenvalue weighted by Gasteiger charge is 2.68. The number of phenolic OH excluding ortho intramolecular Hbond substituents is 1. The normalized spacial score (nSPS) is 43.4. The number of hydrogen-bond donors (Lipinski definition) is 7. The number of esters is 1. The Balaban J connectivity index is 0.838. The molecule has 87 heavy (non-hydrogen) atoms. The second-order valence-corrected chi connectivity index (χ2v) is 33.8. The monoisotopic (exact) mass is 1230 g/mol. The second kappa shape index (κ2) is 22.3. The molecule has 0 aromatic heterocycles. The molecule has 472 valence electrons. The molecule has 7 heterocycles. The summed E-state index contributed by atoms with van der Waals surface area (Å²) >= 11 is 0. The average Bonchev–Trinajstić information content (AvgIpc) is 1.68. The quantitative estimate of drug-likeness (QED) is 0.0486. The summed E-state index contributed by atoms with van der Waals surface area (Å²) in [6.07, 6.45) is 30.7. The first-order chi connectivity index (χ1) is 42.0. The lowest BCUT2D eigenvalue weighted by atomic mass is 9.47. The average molecular weight is 1230 g/mol. The lowest BCUT2D eigenvalue weighted by molar-refractivity contribution is -0.204. The summed E-state index contributed by atoms with van der Waals surface area (Å²) in [5.74, 6) is 3.76. The molecule has 0 radical (unpaired) electrons. The lowest BCUT2D eigenvalue weighted by Crippen LogP contribution is -2.59. The van der Waals surface area contributed by atoms with Crippen molar-refractivity contribution >= 4 is 45.4 Å². The van der Waals surface area contributed by atoms with E-state index in [4.69, 9.17) is 31.7 Å². The van der Waals surface area contributed by atoms with Crippen molar-refractivity contribution < 1.29 is 34.4 Å². The zero-order valence-corrected chi connectivity index (χ0v) is 53.4. The van der Waals surface area contributed by atoms with Crippen LogP contribution in [0.4, 0.5) is 0 Å². The van der Waals surface area contributed by atoms with Crippen molar-refractivity contribution in [3.63, 3.8) is 0 Å². The van der Waals surface area contributed by atoms with Gasteiger partial charge in [0.05, 0.1) is 12.2 Å². The van der Waals surface area contributed by atoms with Gasteiger partial charge in [0.1, 0.15) is 16.1 Å². The minimum absolute atomic E-state index is 0.0545. The maximum atomic E-state index is 15.1. The number of carbonyl (C=O) groups excluding carboxylic acids is 2. The van der Waals surface area contributed by atoms with E-state index in [9.17, 15) is 20.1 Å². The van der Waals surface area contributed by atoms with Crippen LogP contribution in [-0.4, -0.2) is 97.7 Å². The summed E-state index contributed by atoms with van der Waals surface area (Å²) in [6, 6.07) is 13.0. The van der Waals surface area contributed by atoms with Gasteiger partial charge in [-0.1, -0.05) is 77.3 Å². The maximum absolute atomic E-state index is 15.1. The van der Waals surface area contributed by atoms with E-state index in [0.29, 0.717) is 74.4 Å².